The Morgan fingerprint density at radius 2 is 2.25 bits per heavy atom. The van der Waals surface area contributed by atoms with Gasteiger partial charge in [0, 0.05) is 32.9 Å². The third kappa shape index (κ3) is 3.70. The zero-order valence-corrected chi connectivity index (χ0v) is 10.5. The number of hydrogen-bond donors (Lipinski definition) is 1. The first-order valence-electron chi connectivity index (χ1n) is 5.60. The van der Waals surface area contributed by atoms with Gasteiger partial charge in [0.25, 0.3) is 0 Å². The molecule has 0 aliphatic heterocycles. The van der Waals surface area contributed by atoms with Gasteiger partial charge in [0.2, 0.25) is 0 Å². The highest BCUT2D eigenvalue weighted by Gasteiger charge is 2.07. The smallest absolute Gasteiger partial charge is 0.0767 e. The summed E-state index contributed by atoms with van der Waals surface area (Å²) in [5.41, 5.74) is 2.18. The van der Waals surface area contributed by atoms with Crippen LogP contribution in [-0.4, -0.2) is 38.3 Å². The average molecular weight is 223 g/mol. The van der Waals surface area contributed by atoms with Crippen molar-refractivity contribution in [2.45, 2.75) is 19.9 Å². The molecule has 0 saturated heterocycles. The summed E-state index contributed by atoms with van der Waals surface area (Å²) in [6.45, 7) is 5.56. The lowest BCUT2D eigenvalue weighted by molar-refractivity contribution is 0.141. The molecule has 0 bridgehead atoms. The maximum Gasteiger partial charge on any atom is 0.0767 e. The number of pyridine rings is 1. The van der Waals surface area contributed by atoms with Crippen LogP contribution in [0.5, 0.6) is 0 Å². The minimum absolute atomic E-state index is 0.280. The molecular formula is C12H21N3O. The molecule has 16 heavy (non-hydrogen) atoms. The second kappa shape index (κ2) is 6.33. The van der Waals surface area contributed by atoms with Crippen LogP contribution in [0.3, 0.4) is 0 Å². The Morgan fingerprint density at radius 1 is 1.50 bits per heavy atom. The van der Waals surface area contributed by atoms with E-state index < -0.39 is 0 Å². The van der Waals surface area contributed by atoms with E-state index in [0.29, 0.717) is 6.61 Å². The minimum atomic E-state index is 0.280. The van der Waals surface area contributed by atoms with E-state index in [-0.39, 0.29) is 6.04 Å². The van der Waals surface area contributed by atoms with Gasteiger partial charge in [-0.05, 0) is 19.9 Å². The number of nitrogens with zero attached hydrogens (tertiary/aromatic N) is 2. The molecule has 0 spiro atoms. The Bertz CT molecular complexity index is 315. The van der Waals surface area contributed by atoms with Crippen LogP contribution in [0.25, 0.3) is 0 Å². The van der Waals surface area contributed by atoms with Crippen LogP contribution in [0.4, 0.5) is 11.4 Å². The molecule has 1 rings (SSSR count). The van der Waals surface area contributed by atoms with E-state index in [0.717, 1.165) is 18.0 Å². The van der Waals surface area contributed by atoms with Crippen LogP contribution in [-0.2, 0) is 4.74 Å². The summed E-state index contributed by atoms with van der Waals surface area (Å²) in [5.74, 6) is 0. The standard InChI is InChI=1S/C12H21N3O/c1-5-16-9-10(2)14-11-8-13-7-6-12(11)15(3)4/h6-8,10,14H,5,9H2,1-4H3. The Labute approximate surface area is 97.6 Å². The third-order valence-electron chi connectivity index (χ3n) is 2.25. The molecule has 0 radical (unpaired) electrons. The van der Waals surface area contributed by atoms with E-state index >= 15 is 0 Å². The predicted octanol–water partition coefficient (Wildman–Crippen LogP) is 1.98. The third-order valence-corrected chi connectivity index (χ3v) is 2.25. The molecule has 90 valence electrons. The highest BCUT2D eigenvalue weighted by atomic mass is 16.5. The molecule has 1 atom stereocenters. The van der Waals surface area contributed by atoms with Crippen LogP contribution >= 0.6 is 0 Å². The molecular weight excluding hydrogens is 202 g/mol. The van der Waals surface area contributed by atoms with E-state index in [1.807, 2.05) is 33.3 Å². The first-order chi connectivity index (χ1) is 7.65. The molecule has 4 heteroatoms. The van der Waals surface area contributed by atoms with Crippen LogP contribution in [0.15, 0.2) is 18.5 Å². The molecule has 1 N–H and O–H groups in total. The molecule has 0 saturated carbocycles. The lowest BCUT2D eigenvalue weighted by Crippen LogP contribution is -2.23. The van der Waals surface area contributed by atoms with E-state index in [1.54, 1.807) is 6.20 Å². The van der Waals surface area contributed by atoms with Crippen molar-refractivity contribution in [1.82, 2.24) is 4.98 Å². The summed E-state index contributed by atoms with van der Waals surface area (Å²) in [4.78, 5) is 6.20. The van der Waals surface area contributed by atoms with Crippen LogP contribution in [0, 0.1) is 0 Å². The van der Waals surface area contributed by atoms with Gasteiger partial charge >= 0.3 is 0 Å². The Hall–Kier alpha value is -1.29. The molecule has 0 aliphatic carbocycles. The number of ether oxygens (including phenoxy) is 1. The lowest BCUT2D eigenvalue weighted by atomic mass is 10.3. The fourth-order valence-corrected chi connectivity index (χ4v) is 1.49. The van der Waals surface area contributed by atoms with E-state index in [1.165, 1.54) is 0 Å². The molecule has 0 aliphatic rings. The first kappa shape index (κ1) is 12.8. The van der Waals surface area contributed by atoms with Crippen molar-refractivity contribution < 1.29 is 4.74 Å². The monoisotopic (exact) mass is 223 g/mol. The minimum Gasteiger partial charge on any atom is -0.380 e. The Morgan fingerprint density at radius 3 is 2.88 bits per heavy atom. The molecule has 0 amide bonds. The Kier molecular flexibility index (Phi) is 5.05. The van der Waals surface area contributed by atoms with Crippen molar-refractivity contribution in [3.8, 4) is 0 Å². The molecule has 4 nitrogen and oxygen atoms in total. The number of aromatic nitrogens is 1. The maximum atomic E-state index is 5.37. The summed E-state index contributed by atoms with van der Waals surface area (Å²) in [6, 6.07) is 2.28. The van der Waals surface area contributed by atoms with E-state index in [4.69, 9.17) is 4.74 Å². The van der Waals surface area contributed by atoms with Crippen molar-refractivity contribution >= 4 is 11.4 Å². The van der Waals surface area contributed by atoms with Crippen LogP contribution < -0.4 is 10.2 Å². The predicted molar refractivity (Wildman–Crippen MR) is 68.1 cm³/mol. The van der Waals surface area contributed by atoms with Gasteiger partial charge in [0.1, 0.15) is 0 Å². The highest BCUT2D eigenvalue weighted by Crippen LogP contribution is 2.22. The van der Waals surface area contributed by atoms with Gasteiger partial charge in [0.05, 0.1) is 24.2 Å². The summed E-state index contributed by atoms with van der Waals surface area (Å²) in [6.07, 6.45) is 3.64. The molecule has 1 heterocycles. The summed E-state index contributed by atoms with van der Waals surface area (Å²) < 4.78 is 5.37. The van der Waals surface area contributed by atoms with Crippen molar-refractivity contribution in [3.63, 3.8) is 0 Å². The summed E-state index contributed by atoms with van der Waals surface area (Å²) >= 11 is 0. The van der Waals surface area contributed by atoms with Crippen LogP contribution in [0.1, 0.15) is 13.8 Å². The van der Waals surface area contributed by atoms with Gasteiger partial charge < -0.3 is 15.0 Å². The van der Waals surface area contributed by atoms with Gasteiger partial charge in [-0.2, -0.15) is 0 Å². The molecule has 1 unspecified atom stereocenters. The zero-order valence-electron chi connectivity index (χ0n) is 10.5. The molecule has 1 aromatic rings. The maximum absolute atomic E-state index is 5.37. The van der Waals surface area contributed by atoms with Crippen molar-refractivity contribution in [2.75, 3.05) is 37.5 Å². The quantitative estimate of drug-likeness (QED) is 0.800. The lowest BCUT2D eigenvalue weighted by Gasteiger charge is -2.21. The molecule has 1 aromatic heterocycles. The summed E-state index contributed by atoms with van der Waals surface area (Å²) in [7, 11) is 4.04. The fourth-order valence-electron chi connectivity index (χ4n) is 1.49. The largest absolute Gasteiger partial charge is 0.380 e. The highest BCUT2D eigenvalue weighted by molar-refractivity contribution is 5.68. The summed E-state index contributed by atoms with van der Waals surface area (Å²) in [5, 5.41) is 3.40. The Balaban J connectivity index is 2.65. The normalized spacial score (nSPS) is 12.2. The van der Waals surface area contributed by atoms with Crippen molar-refractivity contribution in [1.29, 1.82) is 0 Å². The van der Waals surface area contributed by atoms with Gasteiger partial charge in [-0.1, -0.05) is 0 Å². The van der Waals surface area contributed by atoms with E-state index in [2.05, 4.69) is 22.1 Å². The average Bonchev–Trinajstić information content (AvgIpc) is 2.27. The topological polar surface area (TPSA) is 37.4 Å². The number of rotatable bonds is 6. The van der Waals surface area contributed by atoms with Gasteiger partial charge in [0.15, 0.2) is 0 Å². The number of anilines is 2. The van der Waals surface area contributed by atoms with Gasteiger partial charge in [-0.15, -0.1) is 0 Å². The van der Waals surface area contributed by atoms with Gasteiger partial charge in [-0.3, -0.25) is 4.98 Å². The number of nitrogens with one attached hydrogen (secondary N) is 1. The zero-order chi connectivity index (χ0) is 12.0. The SMILES string of the molecule is CCOCC(C)Nc1cnccc1N(C)C. The second-order valence-electron chi connectivity index (χ2n) is 3.99. The second-order valence-corrected chi connectivity index (χ2v) is 3.99. The van der Waals surface area contributed by atoms with Crippen LogP contribution in [0.2, 0.25) is 0 Å². The van der Waals surface area contributed by atoms with E-state index in [9.17, 15) is 0 Å². The number of hydrogen-bond acceptors (Lipinski definition) is 4. The fraction of sp³-hybridized carbons (Fsp3) is 0.583. The molecule has 0 fully saturated rings. The van der Waals surface area contributed by atoms with Gasteiger partial charge in [-0.25, -0.2) is 0 Å². The molecule has 0 aromatic carbocycles. The van der Waals surface area contributed by atoms with Crippen molar-refractivity contribution in [2.24, 2.45) is 0 Å². The van der Waals surface area contributed by atoms with Crippen molar-refractivity contribution in [3.05, 3.63) is 18.5 Å². The first-order valence-corrected chi connectivity index (χ1v) is 5.60.